The molecular formula is C16H27N2Si. The van der Waals surface area contributed by atoms with Crippen LogP contribution >= 0.6 is 0 Å². The van der Waals surface area contributed by atoms with E-state index in [1.807, 2.05) is 0 Å². The number of benzene rings is 1. The molecule has 2 nitrogen and oxygen atoms in total. The summed E-state index contributed by atoms with van der Waals surface area (Å²) in [6, 6.07) is 8.58. The summed E-state index contributed by atoms with van der Waals surface area (Å²) < 4.78 is 0. The van der Waals surface area contributed by atoms with Gasteiger partial charge in [-0.3, -0.25) is 9.80 Å². The molecule has 0 saturated carbocycles. The van der Waals surface area contributed by atoms with Crippen molar-refractivity contribution in [1.82, 2.24) is 9.80 Å². The van der Waals surface area contributed by atoms with Crippen LogP contribution < -0.4 is 5.19 Å². The minimum absolute atomic E-state index is 0.0641. The summed E-state index contributed by atoms with van der Waals surface area (Å²) >= 11 is 0. The van der Waals surface area contributed by atoms with Crippen molar-refractivity contribution in [1.29, 1.82) is 0 Å². The Balaban J connectivity index is 3.37. The first-order valence-corrected chi connectivity index (χ1v) is 7.87. The highest BCUT2D eigenvalue weighted by atomic mass is 28.1. The zero-order valence-corrected chi connectivity index (χ0v) is 14.0. The van der Waals surface area contributed by atoms with Crippen molar-refractivity contribution in [2.75, 3.05) is 26.2 Å². The van der Waals surface area contributed by atoms with Crippen LogP contribution in [0.1, 0.15) is 40.2 Å². The SMILES string of the molecule is CCN(CC)C(C)(c1ccccc1[Si])N(CC)CC. The van der Waals surface area contributed by atoms with Gasteiger partial charge in [0.05, 0.1) is 15.9 Å². The van der Waals surface area contributed by atoms with E-state index >= 15 is 0 Å². The van der Waals surface area contributed by atoms with E-state index in [-0.39, 0.29) is 5.66 Å². The normalized spacial score (nSPS) is 12.4. The van der Waals surface area contributed by atoms with Crippen molar-refractivity contribution in [2.24, 2.45) is 0 Å². The molecule has 3 heteroatoms. The molecule has 105 valence electrons. The van der Waals surface area contributed by atoms with Gasteiger partial charge in [-0.05, 0) is 38.7 Å². The summed E-state index contributed by atoms with van der Waals surface area (Å²) in [4.78, 5) is 5.05. The molecule has 0 heterocycles. The summed E-state index contributed by atoms with van der Waals surface area (Å²) in [5.74, 6) is 0. The smallest absolute Gasteiger partial charge is 0.0969 e. The number of nitrogens with zero attached hydrogens (tertiary/aromatic N) is 2. The van der Waals surface area contributed by atoms with Crippen LogP contribution in [-0.4, -0.2) is 46.2 Å². The molecule has 3 radical (unpaired) electrons. The van der Waals surface area contributed by atoms with Gasteiger partial charge in [-0.15, -0.1) is 0 Å². The Kier molecular flexibility index (Phi) is 6.24. The van der Waals surface area contributed by atoms with Gasteiger partial charge in [0.15, 0.2) is 0 Å². The summed E-state index contributed by atoms with van der Waals surface area (Å²) in [7, 11) is 3.79. The van der Waals surface area contributed by atoms with Crippen LogP contribution in [-0.2, 0) is 5.66 Å². The summed E-state index contributed by atoms with van der Waals surface area (Å²) in [6.45, 7) is 15.5. The van der Waals surface area contributed by atoms with Crippen LogP contribution in [0.15, 0.2) is 24.3 Å². The Morgan fingerprint density at radius 2 is 1.32 bits per heavy atom. The fourth-order valence-electron chi connectivity index (χ4n) is 3.12. The number of hydrogen-bond acceptors (Lipinski definition) is 2. The predicted octanol–water partition coefficient (Wildman–Crippen LogP) is 2.34. The zero-order chi connectivity index (χ0) is 14.5. The highest BCUT2D eigenvalue weighted by Crippen LogP contribution is 2.30. The van der Waals surface area contributed by atoms with Crippen LogP contribution in [0.5, 0.6) is 0 Å². The third-order valence-electron chi connectivity index (χ3n) is 4.20. The van der Waals surface area contributed by atoms with Gasteiger partial charge in [-0.25, -0.2) is 0 Å². The third-order valence-corrected chi connectivity index (χ3v) is 4.63. The maximum Gasteiger partial charge on any atom is 0.0969 e. The highest BCUT2D eigenvalue weighted by molar-refractivity contribution is 6.33. The van der Waals surface area contributed by atoms with Gasteiger partial charge in [0, 0.05) is 0 Å². The molecule has 1 aromatic carbocycles. The third kappa shape index (κ3) is 3.10. The van der Waals surface area contributed by atoms with E-state index in [9.17, 15) is 0 Å². The fourth-order valence-corrected chi connectivity index (χ4v) is 3.53. The molecule has 0 aromatic heterocycles. The quantitative estimate of drug-likeness (QED) is 0.557. The number of hydrogen-bond donors (Lipinski definition) is 0. The minimum atomic E-state index is -0.0641. The predicted molar refractivity (Wildman–Crippen MR) is 85.0 cm³/mol. The average Bonchev–Trinajstić information content (AvgIpc) is 2.41. The van der Waals surface area contributed by atoms with Crippen LogP contribution in [0.3, 0.4) is 0 Å². The lowest BCUT2D eigenvalue weighted by molar-refractivity contribution is -0.0404. The molecule has 0 saturated heterocycles. The molecule has 0 bridgehead atoms. The van der Waals surface area contributed by atoms with Crippen LogP contribution in [0.4, 0.5) is 0 Å². The second-order valence-electron chi connectivity index (χ2n) is 4.91. The Bertz CT molecular complexity index is 372. The van der Waals surface area contributed by atoms with Crippen molar-refractivity contribution in [3.63, 3.8) is 0 Å². The Morgan fingerprint density at radius 1 is 0.895 bits per heavy atom. The monoisotopic (exact) mass is 275 g/mol. The van der Waals surface area contributed by atoms with Crippen molar-refractivity contribution >= 4 is 15.4 Å². The van der Waals surface area contributed by atoms with E-state index in [2.05, 4.69) is 78.9 Å². The minimum Gasteiger partial charge on any atom is -0.282 e. The lowest BCUT2D eigenvalue weighted by Gasteiger charge is -2.49. The molecule has 0 aliphatic heterocycles. The topological polar surface area (TPSA) is 6.48 Å². The molecule has 0 spiro atoms. The van der Waals surface area contributed by atoms with E-state index in [0.29, 0.717) is 0 Å². The van der Waals surface area contributed by atoms with Gasteiger partial charge in [-0.2, -0.15) is 0 Å². The van der Waals surface area contributed by atoms with Gasteiger partial charge in [0.2, 0.25) is 0 Å². The van der Waals surface area contributed by atoms with E-state index < -0.39 is 0 Å². The van der Waals surface area contributed by atoms with Crippen molar-refractivity contribution in [2.45, 2.75) is 40.3 Å². The van der Waals surface area contributed by atoms with Crippen molar-refractivity contribution < 1.29 is 0 Å². The van der Waals surface area contributed by atoms with Crippen molar-refractivity contribution in [3.8, 4) is 0 Å². The Hall–Kier alpha value is -0.643. The summed E-state index contributed by atoms with van der Waals surface area (Å²) in [5.41, 5.74) is 1.28. The first-order chi connectivity index (χ1) is 9.05. The molecule has 1 rings (SSSR count). The first kappa shape index (κ1) is 16.4. The molecule has 0 fully saturated rings. The molecule has 0 N–H and O–H groups in total. The van der Waals surface area contributed by atoms with Crippen molar-refractivity contribution in [3.05, 3.63) is 29.8 Å². The second-order valence-corrected chi connectivity index (χ2v) is 5.45. The second kappa shape index (κ2) is 7.22. The number of rotatable bonds is 7. The maximum atomic E-state index is 3.79. The molecule has 0 aliphatic rings. The lowest BCUT2D eigenvalue weighted by atomic mass is 9.96. The largest absolute Gasteiger partial charge is 0.282 e. The summed E-state index contributed by atoms with van der Waals surface area (Å²) in [6.07, 6.45) is 0. The van der Waals surface area contributed by atoms with E-state index in [4.69, 9.17) is 0 Å². The fraction of sp³-hybridized carbons (Fsp3) is 0.625. The van der Waals surface area contributed by atoms with Crippen LogP contribution in [0.25, 0.3) is 0 Å². The van der Waals surface area contributed by atoms with Gasteiger partial charge >= 0.3 is 0 Å². The van der Waals surface area contributed by atoms with Crippen LogP contribution in [0, 0.1) is 0 Å². The maximum absolute atomic E-state index is 3.79. The molecule has 1 aromatic rings. The Morgan fingerprint density at radius 3 is 1.68 bits per heavy atom. The summed E-state index contributed by atoms with van der Waals surface area (Å²) in [5, 5.41) is 1.18. The zero-order valence-electron chi connectivity index (χ0n) is 13.0. The lowest BCUT2D eigenvalue weighted by Crippen LogP contribution is -2.57. The van der Waals surface area contributed by atoms with Gasteiger partial charge in [0.1, 0.15) is 0 Å². The molecule has 0 unspecified atom stereocenters. The van der Waals surface area contributed by atoms with E-state index in [1.165, 1.54) is 10.8 Å². The van der Waals surface area contributed by atoms with Gasteiger partial charge in [-0.1, -0.05) is 57.1 Å². The highest BCUT2D eigenvalue weighted by Gasteiger charge is 2.37. The Labute approximate surface area is 122 Å². The van der Waals surface area contributed by atoms with Crippen LogP contribution in [0.2, 0.25) is 0 Å². The molecule has 0 atom stereocenters. The van der Waals surface area contributed by atoms with E-state index in [0.717, 1.165) is 26.2 Å². The molecule has 0 aliphatic carbocycles. The molecule has 19 heavy (non-hydrogen) atoms. The standard InChI is InChI=1S/C16H27N2Si/c1-6-17(7-2)16(5,18(8-3)9-4)14-12-10-11-13-15(14)19/h10-13H,6-9H2,1-5H3. The first-order valence-electron chi connectivity index (χ1n) is 7.37. The molecule has 0 amide bonds. The molecular weight excluding hydrogens is 248 g/mol. The van der Waals surface area contributed by atoms with E-state index in [1.54, 1.807) is 0 Å². The van der Waals surface area contributed by atoms with Gasteiger partial charge < -0.3 is 0 Å². The van der Waals surface area contributed by atoms with Gasteiger partial charge in [0.25, 0.3) is 0 Å². The average molecular weight is 275 g/mol.